The molecule has 0 N–H and O–H groups in total. The molecule has 3 nitrogen and oxygen atoms in total. The summed E-state index contributed by atoms with van der Waals surface area (Å²) < 4.78 is 6.76. The van der Waals surface area contributed by atoms with Crippen molar-refractivity contribution in [1.29, 1.82) is 0 Å². The van der Waals surface area contributed by atoms with Gasteiger partial charge in [0, 0.05) is 56.0 Å². The number of fused-ring (bicyclic) bond motifs is 5. The Hall–Kier alpha value is -6.26. The largest absolute Gasteiger partial charge is 0.455 e. The summed E-state index contributed by atoms with van der Waals surface area (Å²) in [7, 11) is 0. The van der Waals surface area contributed by atoms with Gasteiger partial charge in [0.2, 0.25) is 0 Å². The van der Waals surface area contributed by atoms with Gasteiger partial charge in [-0.2, -0.15) is 0 Å². The Bertz CT molecular complexity index is 2490. The Labute approximate surface area is 280 Å². The topological polar surface area (TPSA) is 19.6 Å². The highest BCUT2D eigenvalue weighted by atomic mass is 16.3. The second kappa shape index (κ2) is 10.6. The van der Waals surface area contributed by atoms with Crippen LogP contribution >= 0.6 is 0 Å². The van der Waals surface area contributed by atoms with E-state index < -0.39 is 0 Å². The third-order valence-electron chi connectivity index (χ3n) is 9.85. The number of rotatable bonds is 4. The summed E-state index contributed by atoms with van der Waals surface area (Å²) in [5.74, 6) is 1.78. The van der Waals surface area contributed by atoms with E-state index in [-0.39, 0.29) is 6.71 Å². The predicted molar refractivity (Wildman–Crippen MR) is 201 cm³/mol. The van der Waals surface area contributed by atoms with Gasteiger partial charge in [0.15, 0.2) is 0 Å². The molecule has 2 aliphatic heterocycles. The molecule has 0 aliphatic carbocycles. The molecular formula is C44H29BN2O. The van der Waals surface area contributed by atoms with E-state index in [1.807, 2.05) is 6.07 Å². The van der Waals surface area contributed by atoms with E-state index in [1.54, 1.807) is 0 Å². The molecule has 0 atom stereocenters. The zero-order valence-corrected chi connectivity index (χ0v) is 26.1. The van der Waals surface area contributed by atoms with Gasteiger partial charge >= 0.3 is 0 Å². The summed E-state index contributed by atoms with van der Waals surface area (Å²) in [5, 5.41) is 2.23. The Morgan fingerprint density at radius 1 is 0.375 bits per heavy atom. The van der Waals surface area contributed by atoms with Crippen LogP contribution in [0.25, 0.3) is 33.4 Å². The summed E-state index contributed by atoms with van der Waals surface area (Å²) in [6.07, 6.45) is 0. The molecule has 0 saturated carbocycles. The van der Waals surface area contributed by atoms with Crippen molar-refractivity contribution >= 4 is 68.0 Å². The Morgan fingerprint density at radius 3 is 1.50 bits per heavy atom. The average molecular weight is 613 g/mol. The minimum Gasteiger partial charge on any atom is -0.455 e. The highest BCUT2D eigenvalue weighted by molar-refractivity contribution is 7.00. The molecule has 3 heterocycles. The van der Waals surface area contributed by atoms with Crippen LogP contribution in [0.1, 0.15) is 0 Å². The average Bonchev–Trinajstić information content (AvgIpc) is 3.55. The van der Waals surface area contributed by atoms with E-state index >= 15 is 0 Å². The van der Waals surface area contributed by atoms with Crippen LogP contribution in [-0.2, 0) is 0 Å². The molecular weight excluding hydrogens is 583 g/mol. The SMILES string of the molecule is c1ccc(-c2oc(-c3cccc(N4c5ccccc5B5c6ccccc6N(c6ccccc6)c6cccc4c65)c3)c3ccccc23)cc1. The fourth-order valence-electron chi connectivity index (χ4n) is 7.86. The van der Waals surface area contributed by atoms with Gasteiger partial charge in [0.05, 0.1) is 0 Å². The summed E-state index contributed by atoms with van der Waals surface area (Å²) in [6, 6.07) is 62.9. The minimum atomic E-state index is 0.116. The fraction of sp³-hybridized carbons (Fsp3) is 0. The third kappa shape index (κ3) is 3.96. The van der Waals surface area contributed by atoms with Gasteiger partial charge in [-0.3, -0.25) is 0 Å². The van der Waals surface area contributed by atoms with E-state index in [0.717, 1.165) is 44.8 Å². The molecule has 2 aliphatic rings. The minimum absolute atomic E-state index is 0.116. The van der Waals surface area contributed by atoms with Gasteiger partial charge in [0.25, 0.3) is 6.71 Å². The molecule has 4 heteroatoms. The maximum Gasteiger partial charge on any atom is 0.252 e. The first-order valence-corrected chi connectivity index (χ1v) is 16.5. The van der Waals surface area contributed by atoms with Gasteiger partial charge in [-0.25, -0.2) is 0 Å². The number of nitrogens with zero attached hydrogens (tertiary/aromatic N) is 2. The van der Waals surface area contributed by atoms with E-state index in [4.69, 9.17) is 4.42 Å². The van der Waals surface area contributed by atoms with E-state index in [9.17, 15) is 0 Å². The van der Waals surface area contributed by atoms with Gasteiger partial charge in [-0.1, -0.05) is 127 Å². The van der Waals surface area contributed by atoms with Gasteiger partial charge < -0.3 is 14.2 Å². The van der Waals surface area contributed by atoms with Crippen LogP contribution < -0.4 is 26.2 Å². The predicted octanol–water partition coefficient (Wildman–Crippen LogP) is 9.85. The summed E-state index contributed by atoms with van der Waals surface area (Å²) in [5.41, 5.74) is 13.1. The monoisotopic (exact) mass is 612 g/mol. The smallest absolute Gasteiger partial charge is 0.252 e. The molecule has 224 valence electrons. The van der Waals surface area contributed by atoms with E-state index in [0.29, 0.717) is 0 Å². The Balaban J connectivity index is 1.19. The van der Waals surface area contributed by atoms with Crippen molar-refractivity contribution < 1.29 is 4.42 Å². The quantitative estimate of drug-likeness (QED) is 0.185. The Morgan fingerprint density at radius 2 is 0.833 bits per heavy atom. The lowest BCUT2D eigenvalue weighted by Gasteiger charge is -2.44. The van der Waals surface area contributed by atoms with Crippen LogP contribution in [0.3, 0.4) is 0 Å². The molecule has 0 unspecified atom stereocenters. The van der Waals surface area contributed by atoms with Crippen molar-refractivity contribution in [3.63, 3.8) is 0 Å². The molecule has 1 aromatic heterocycles. The van der Waals surface area contributed by atoms with E-state index in [1.165, 1.54) is 39.1 Å². The highest BCUT2D eigenvalue weighted by Gasteiger charge is 2.42. The molecule has 8 aromatic rings. The number of hydrogen-bond acceptors (Lipinski definition) is 3. The van der Waals surface area contributed by atoms with Crippen molar-refractivity contribution in [3.8, 4) is 22.6 Å². The third-order valence-corrected chi connectivity index (χ3v) is 9.85. The normalized spacial score (nSPS) is 12.9. The van der Waals surface area contributed by atoms with Crippen LogP contribution in [0, 0.1) is 0 Å². The first-order chi connectivity index (χ1) is 23.8. The first kappa shape index (κ1) is 26.9. The van der Waals surface area contributed by atoms with Crippen LogP contribution in [-0.4, -0.2) is 6.71 Å². The van der Waals surface area contributed by atoms with Crippen LogP contribution in [0.4, 0.5) is 34.1 Å². The molecule has 7 aromatic carbocycles. The van der Waals surface area contributed by atoms with Crippen molar-refractivity contribution in [1.82, 2.24) is 0 Å². The second-order valence-corrected chi connectivity index (χ2v) is 12.5. The second-order valence-electron chi connectivity index (χ2n) is 12.5. The molecule has 0 amide bonds. The summed E-state index contributed by atoms with van der Waals surface area (Å²) in [4.78, 5) is 4.86. The first-order valence-electron chi connectivity index (χ1n) is 16.5. The Kier molecular flexibility index (Phi) is 5.97. The maximum atomic E-state index is 6.76. The number of para-hydroxylation sites is 3. The van der Waals surface area contributed by atoms with Gasteiger partial charge in [-0.05, 0) is 64.9 Å². The van der Waals surface area contributed by atoms with E-state index in [2.05, 4.69) is 180 Å². The van der Waals surface area contributed by atoms with Crippen molar-refractivity contribution in [2.75, 3.05) is 9.80 Å². The number of benzene rings is 7. The lowest BCUT2D eigenvalue weighted by molar-refractivity contribution is 0.602. The number of furan rings is 1. The fourth-order valence-corrected chi connectivity index (χ4v) is 7.86. The van der Waals surface area contributed by atoms with Crippen LogP contribution in [0.2, 0.25) is 0 Å². The van der Waals surface area contributed by atoms with Crippen molar-refractivity contribution in [3.05, 3.63) is 176 Å². The molecule has 0 spiro atoms. The molecule has 0 radical (unpaired) electrons. The summed E-state index contributed by atoms with van der Waals surface area (Å²) >= 11 is 0. The van der Waals surface area contributed by atoms with Crippen molar-refractivity contribution in [2.45, 2.75) is 0 Å². The zero-order chi connectivity index (χ0) is 31.6. The lowest BCUT2D eigenvalue weighted by Crippen LogP contribution is -2.61. The van der Waals surface area contributed by atoms with Gasteiger partial charge in [0.1, 0.15) is 11.5 Å². The van der Waals surface area contributed by atoms with Crippen molar-refractivity contribution in [2.24, 2.45) is 0 Å². The number of anilines is 6. The molecule has 0 fully saturated rings. The highest BCUT2D eigenvalue weighted by Crippen LogP contribution is 2.45. The standard InChI is InChI=1S/C44H29BN2O/c1-3-15-30(16-4-1)43-34-21-7-8-22-35(34)44(48-43)31-17-13-20-33(29-31)47-39-26-12-10-24-37(39)45-36-23-9-11-25-38(36)46(32-18-5-2-6-19-32)40-27-14-28-41(47)42(40)45/h1-29H. The zero-order valence-electron chi connectivity index (χ0n) is 26.1. The molecule has 0 bridgehead atoms. The maximum absolute atomic E-state index is 6.76. The summed E-state index contributed by atoms with van der Waals surface area (Å²) in [6.45, 7) is 0.116. The van der Waals surface area contributed by atoms with Gasteiger partial charge in [-0.15, -0.1) is 0 Å². The molecule has 0 saturated heterocycles. The van der Waals surface area contributed by atoms with Crippen LogP contribution in [0.5, 0.6) is 0 Å². The lowest BCUT2D eigenvalue weighted by atomic mass is 9.33. The molecule has 48 heavy (non-hydrogen) atoms. The molecule has 10 rings (SSSR count). The number of hydrogen-bond donors (Lipinski definition) is 0. The van der Waals surface area contributed by atoms with Crippen LogP contribution in [0.15, 0.2) is 180 Å².